The predicted octanol–water partition coefficient (Wildman–Crippen LogP) is 4.01. The van der Waals surface area contributed by atoms with Gasteiger partial charge in [-0.3, -0.25) is 9.69 Å². The minimum Gasteiger partial charge on any atom is -0.493 e. The lowest BCUT2D eigenvalue weighted by Gasteiger charge is -2.21. The van der Waals surface area contributed by atoms with Gasteiger partial charge < -0.3 is 14.3 Å². The number of hydrogen-bond acceptors (Lipinski definition) is 5. The first-order valence-electron chi connectivity index (χ1n) is 9.87. The molecule has 150 valence electrons. The molecule has 1 unspecified atom stereocenters. The van der Waals surface area contributed by atoms with Gasteiger partial charge in [-0.05, 0) is 49.2 Å². The second kappa shape index (κ2) is 8.92. The van der Waals surface area contributed by atoms with E-state index < -0.39 is 5.97 Å². The summed E-state index contributed by atoms with van der Waals surface area (Å²) in [6.07, 6.45) is 3.99. The first-order chi connectivity index (χ1) is 14.2. The summed E-state index contributed by atoms with van der Waals surface area (Å²) in [5, 5.41) is 9.29. The van der Waals surface area contributed by atoms with Crippen LogP contribution in [0.2, 0.25) is 0 Å². The molecule has 6 heteroatoms. The fourth-order valence-electron chi connectivity index (χ4n) is 3.63. The largest absolute Gasteiger partial charge is 0.493 e. The predicted molar refractivity (Wildman–Crippen MR) is 109 cm³/mol. The molecule has 0 saturated carbocycles. The molecular weight excluding hydrogens is 368 g/mol. The molecule has 29 heavy (non-hydrogen) atoms. The summed E-state index contributed by atoms with van der Waals surface area (Å²) in [6, 6.07) is 17.3. The summed E-state index contributed by atoms with van der Waals surface area (Å²) in [6.45, 7) is 1.99. The molecule has 0 amide bonds. The highest BCUT2D eigenvalue weighted by atomic mass is 16.5. The number of nitrogens with zero attached hydrogens (tertiary/aromatic N) is 2. The van der Waals surface area contributed by atoms with Gasteiger partial charge in [-0.2, -0.15) is 0 Å². The van der Waals surface area contributed by atoms with Gasteiger partial charge in [0.2, 0.25) is 5.89 Å². The Morgan fingerprint density at radius 1 is 1.17 bits per heavy atom. The molecule has 6 nitrogen and oxygen atoms in total. The van der Waals surface area contributed by atoms with Crippen LogP contribution >= 0.6 is 0 Å². The van der Waals surface area contributed by atoms with Crippen LogP contribution < -0.4 is 4.74 Å². The first-order valence-corrected chi connectivity index (χ1v) is 9.87. The van der Waals surface area contributed by atoms with Crippen molar-refractivity contribution >= 4 is 5.97 Å². The van der Waals surface area contributed by atoms with E-state index in [1.807, 2.05) is 59.5 Å². The van der Waals surface area contributed by atoms with Crippen molar-refractivity contribution < 1.29 is 19.1 Å². The lowest BCUT2D eigenvalue weighted by molar-refractivity contribution is -0.142. The number of benzene rings is 2. The highest BCUT2D eigenvalue weighted by Gasteiger charge is 2.30. The Bertz CT molecular complexity index is 937. The second-order valence-corrected chi connectivity index (χ2v) is 7.22. The van der Waals surface area contributed by atoms with Crippen LogP contribution in [0.4, 0.5) is 0 Å². The van der Waals surface area contributed by atoms with Crippen molar-refractivity contribution in [3.05, 3.63) is 72.1 Å². The van der Waals surface area contributed by atoms with Crippen LogP contribution in [0.1, 0.15) is 24.1 Å². The average molecular weight is 392 g/mol. The van der Waals surface area contributed by atoms with Crippen molar-refractivity contribution in [3.8, 4) is 17.2 Å². The van der Waals surface area contributed by atoms with Crippen molar-refractivity contribution in [3.63, 3.8) is 0 Å². The number of carboxylic acids is 1. The van der Waals surface area contributed by atoms with Crippen LogP contribution in [0.25, 0.3) is 11.5 Å². The number of likely N-dealkylation sites (tertiary alicyclic amines) is 1. The Hall–Kier alpha value is -3.12. The summed E-state index contributed by atoms with van der Waals surface area (Å²) in [5.74, 6) is 0.675. The number of hydrogen-bond donors (Lipinski definition) is 1. The normalized spacial score (nSPS) is 16.8. The molecule has 3 aromatic rings. The quantitative estimate of drug-likeness (QED) is 0.624. The van der Waals surface area contributed by atoms with E-state index in [2.05, 4.69) is 4.98 Å². The second-order valence-electron chi connectivity index (χ2n) is 7.22. The SMILES string of the molecule is O=C(O)C1CCCN1Cc1ccc(OCCc2coc(-c3ccccc3)n2)cc1. The molecule has 1 saturated heterocycles. The molecule has 1 aliphatic heterocycles. The molecule has 2 heterocycles. The fraction of sp³-hybridized carbons (Fsp3) is 0.304. The summed E-state index contributed by atoms with van der Waals surface area (Å²) in [7, 11) is 0. The third-order valence-corrected chi connectivity index (χ3v) is 5.16. The monoisotopic (exact) mass is 392 g/mol. The van der Waals surface area contributed by atoms with E-state index in [0.717, 1.165) is 42.0 Å². The standard InChI is InChI=1S/C23H24N2O4/c26-23(27)21-7-4-13-25(21)15-17-8-10-20(11-9-17)28-14-12-19-16-29-22(24-19)18-5-2-1-3-6-18/h1-3,5-6,8-11,16,21H,4,7,12-15H2,(H,26,27). The van der Waals surface area contributed by atoms with Gasteiger partial charge in [-0.1, -0.05) is 30.3 Å². The summed E-state index contributed by atoms with van der Waals surface area (Å²) < 4.78 is 11.4. The Morgan fingerprint density at radius 2 is 1.97 bits per heavy atom. The molecule has 1 aromatic heterocycles. The maximum absolute atomic E-state index is 11.3. The minimum absolute atomic E-state index is 0.367. The summed E-state index contributed by atoms with van der Waals surface area (Å²) in [4.78, 5) is 17.8. The van der Waals surface area contributed by atoms with Gasteiger partial charge in [0.15, 0.2) is 0 Å². The highest BCUT2D eigenvalue weighted by molar-refractivity contribution is 5.73. The number of carboxylic acid groups (broad SMARTS) is 1. The Kier molecular flexibility index (Phi) is 5.91. The molecular formula is C23H24N2O4. The summed E-state index contributed by atoms with van der Waals surface area (Å²) >= 11 is 0. The number of oxazole rings is 1. The van der Waals surface area contributed by atoms with E-state index in [9.17, 15) is 9.90 Å². The van der Waals surface area contributed by atoms with Gasteiger partial charge in [0.05, 0.1) is 12.3 Å². The zero-order chi connectivity index (χ0) is 20.1. The fourth-order valence-corrected chi connectivity index (χ4v) is 3.63. The number of rotatable bonds is 8. The summed E-state index contributed by atoms with van der Waals surface area (Å²) in [5.41, 5.74) is 2.90. The average Bonchev–Trinajstić information content (AvgIpc) is 3.40. The maximum Gasteiger partial charge on any atom is 0.320 e. The van der Waals surface area contributed by atoms with Crippen molar-refractivity contribution in [2.24, 2.45) is 0 Å². The molecule has 4 rings (SSSR count). The van der Waals surface area contributed by atoms with Gasteiger partial charge in [-0.15, -0.1) is 0 Å². The van der Waals surface area contributed by atoms with Gasteiger partial charge in [0.1, 0.15) is 18.1 Å². The molecule has 1 fully saturated rings. The van der Waals surface area contributed by atoms with Crippen molar-refractivity contribution in [1.82, 2.24) is 9.88 Å². The van der Waals surface area contributed by atoms with Crippen LogP contribution in [0.3, 0.4) is 0 Å². The molecule has 1 atom stereocenters. The van der Waals surface area contributed by atoms with Crippen molar-refractivity contribution in [2.75, 3.05) is 13.2 Å². The van der Waals surface area contributed by atoms with E-state index in [-0.39, 0.29) is 6.04 Å². The zero-order valence-corrected chi connectivity index (χ0v) is 16.2. The van der Waals surface area contributed by atoms with Crippen molar-refractivity contribution in [2.45, 2.75) is 31.8 Å². The van der Waals surface area contributed by atoms with Crippen molar-refractivity contribution in [1.29, 1.82) is 0 Å². The van der Waals surface area contributed by atoms with Crippen LogP contribution in [-0.4, -0.2) is 40.2 Å². The Morgan fingerprint density at radius 3 is 2.72 bits per heavy atom. The van der Waals surface area contributed by atoms with Crippen LogP contribution in [-0.2, 0) is 17.8 Å². The number of aliphatic carboxylic acids is 1. The van der Waals surface area contributed by atoms with Gasteiger partial charge in [0, 0.05) is 18.5 Å². The third kappa shape index (κ3) is 4.84. The van der Waals surface area contributed by atoms with Crippen LogP contribution in [0, 0.1) is 0 Å². The molecule has 0 radical (unpaired) electrons. The van der Waals surface area contributed by atoms with E-state index in [0.29, 0.717) is 25.5 Å². The van der Waals surface area contributed by atoms with E-state index in [1.165, 1.54) is 0 Å². The molecule has 1 N–H and O–H groups in total. The molecule has 1 aliphatic rings. The van der Waals surface area contributed by atoms with Gasteiger partial charge in [0.25, 0.3) is 0 Å². The molecule has 0 spiro atoms. The topological polar surface area (TPSA) is 75.8 Å². The van der Waals surface area contributed by atoms with E-state index >= 15 is 0 Å². The van der Waals surface area contributed by atoms with Gasteiger partial charge in [-0.25, -0.2) is 4.98 Å². The Labute approximate surface area is 169 Å². The zero-order valence-electron chi connectivity index (χ0n) is 16.2. The molecule has 2 aromatic carbocycles. The van der Waals surface area contributed by atoms with Crippen LogP contribution in [0.5, 0.6) is 5.75 Å². The number of carbonyl (C=O) groups is 1. The number of ether oxygens (including phenoxy) is 1. The van der Waals surface area contributed by atoms with E-state index in [4.69, 9.17) is 9.15 Å². The molecule has 0 bridgehead atoms. The first kappa shape index (κ1) is 19.2. The smallest absolute Gasteiger partial charge is 0.320 e. The molecule has 0 aliphatic carbocycles. The lowest BCUT2D eigenvalue weighted by atomic mass is 10.2. The van der Waals surface area contributed by atoms with Gasteiger partial charge >= 0.3 is 5.97 Å². The third-order valence-electron chi connectivity index (χ3n) is 5.16. The van der Waals surface area contributed by atoms with Crippen LogP contribution in [0.15, 0.2) is 65.3 Å². The minimum atomic E-state index is -0.731. The lowest BCUT2D eigenvalue weighted by Crippen LogP contribution is -2.35. The maximum atomic E-state index is 11.3. The Balaban J connectivity index is 1.27. The number of aromatic nitrogens is 1. The highest BCUT2D eigenvalue weighted by Crippen LogP contribution is 2.22. The van der Waals surface area contributed by atoms with E-state index in [1.54, 1.807) is 6.26 Å².